The summed E-state index contributed by atoms with van der Waals surface area (Å²) < 4.78 is 27.6. The first-order chi connectivity index (χ1) is 5.62. The molecule has 12 heavy (non-hydrogen) atoms. The summed E-state index contributed by atoms with van der Waals surface area (Å²) in [6.45, 7) is -2.72. The summed E-state index contributed by atoms with van der Waals surface area (Å²) in [4.78, 5) is 0. The molecule has 0 bridgehead atoms. The van der Waals surface area contributed by atoms with Crippen molar-refractivity contribution in [2.45, 2.75) is 25.0 Å². The molecule has 1 fully saturated rings. The monoisotopic (exact) mass is 197 g/mol. The summed E-state index contributed by atoms with van der Waals surface area (Å²) in [7, 11) is 0. The second-order valence-electron chi connectivity index (χ2n) is 3.05. The first-order valence-corrected chi connectivity index (χ1v) is 5.04. The van der Waals surface area contributed by atoms with Crippen LogP contribution in [0, 0.1) is 0 Å². The maximum atomic E-state index is 11.7. The van der Waals surface area contributed by atoms with Crippen LogP contribution in [-0.4, -0.2) is 30.3 Å². The lowest BCUT2D eigenvalue weighted by atomic mass is 9.95. The Hall–Kier alpha value is 0.130. The van der Waals surface area contributed by atoms with E-state index >= 15 is 0 Å². The molecule has 1 saturated heterocycles. The lowest BCUT2D eigenvalue weighted by Gasteiger charge is -2.32. The number of nitrogens with two attached hydrogens (primary N) is 1. The summed E-state index contributed by atoms with van der Waals surface area (Å²) in [6.07, 6.45) is 1.54. The summed E-state index contributed by atoms with van der Waals surface area (Å²) in [5.74, 6) is 1.90. The highest BCUT2D eigenvalue weighted by molar-refractivity contribution is 7.99. The Morgan fingerprint density at radius 3 is 2.50 bits per heavy atom. The van der Waals surface area contributed by atoms with Crippen molar-refractivity contribution in [3.63, 3.8) is 0 Å². The number of hydrogen-bond acceptors (Lipinski definition) is 3. The third kappa shape index (κ3) is 3.25. The molecule has 0 radical (unpaired) electrons. The van der Waals surface area contributed by atoms with Gasteiger partial charge < -0.3 is 10.5 Å². The average molecular weight is 197 g/mol. The van der Waals surface area contributed by atoms with Gasteiger partial charge in [-0.15, -0.1) is 0 Å². The molecule has 1 aliphatic rings. The lowest BCUT2D eigenvalue weighted by Crippen LogP contribution is -2.47. The van der Waals surface area contributed by atoms with Crippen molar-refractivity contribution in [3.05, 3.63) is 0 Å². The zero-order valence-electron chi connectivity index (χ0n) is 6.76. The van der Waals surface area contributed by atoms with Crippen molar-refractivity contribution in [2.24, 2.45) is 5.73 Å². The van der Waals surface area contributed by atoms with Gasteiger partial charge in [0.05, 0.1) is 6.61 Å². The van der Waals surface area contributed by atoms with Crippen molar-refractivity contribution in [2.75, 3.05) is 18.1 Å². The standard InChI is InChI=1S/C7H13F2NOS/c8-6(9)11-5-7(10)1-3-12-4-2-7/h6H,1-5,10H2. The van der Waals surface area contributed by atoms with E-state index in [1.54, 1.807) is 0 Å². The molecular formula is C7H13F2NOS. The van der Waals surface area contributed by atoms with E-state index in [4.69, 9.17) is 5.73 Å². The maximum Gasteiger partial charge on any atom is 0.345 e. The molecule has 2 nitrogen and oxygen atoms in total. The first-order valence-electron chi connectivity index (χ1n) is 3.89. The fraction of sp³-hybridized carbons (Fsp3) is 1.00. The Morgan fingerprint density at radius 1 is 1.42 bits per heavy atom. The Bertz CT molecular complexity index is 139. The molecule has 0 unspecified atom stereocenters. The van der Waals surface area contributed by atoms with Crippen molar-refractivity contribution >= 4 is 11.8 Å². The van der Waals surface area contributed by atoms with Crippen LogP contribution in [0.5, 0.6) is 0 Å². The topological polar surface area (TPSA) is 35.2 Å². The lowest BCUT2D eigenvalue weighted by molar-refractivity contribution is -0.141. The van der Waals surface area contributed by atoms with Gasteiger partial charge in [-0.25, -0.2) is 0 Å². The Balaban J connectivity index is 2.26. The van der Waals surface area contributed by atoms with Crippen LogP contribution >= 0.6 is 11.8 Å². The van der Waals surface area contributed by atoms with Gasteiger partial charge in [0.1, 0.15) is 0 Å². The molecule has 0 spiro atoms. The fourth-order valence-electron chi connectivity index (χ4n) is 1.15. The molecule has 1 aliphatic heterocycles. The molecule has 0 aromatic carbocycles. The zero-order valence-corrected chi connectivity index (χ0v) is 7.58. The van der Waals surface area contributed by atoms with E-state index in [0.29, 0.717) is 0 Å². The SMILES string of the molecule is NC1(COC(F)F)CCSCC1. The predicted molar refractivity (Wildman–Crippen MR) is 45.4 cm³/mol. The van der Waals surface area contributed by atoms with Gasteiger partial charge in [0.2, 0.25) is 0 Å². The van der Waals surface area contributed by atoms with Crippen LogP contribution in [0.25, 0.3) is 0 Å². The Kier molecular flexibility index (Phi) is 3.74. The number of halogens is 2. The highest BCUT2D eigenvalue weighted by Gasteiger charge is 2.28. The highest BCUT2D eigenvalue weighted by atomic mass is 32.2. The minimum atomic E-state index is -2.69. The van der Waals surface area contributed by atoms with Crippen molar-refractivity contribution in [3.8, 4) is 0 Å². The second-order valence-corrected chi connectivity index (χ2v) is 4.27. The molecule has 1 rings (SSSR count). The molecule has 1 heterocycles. The molecule has 0 aliphatic carbocycles. The normalized spacial score (nSPS) is 23.0. The van der Waals surface area contributed by atoms with Crippen LogP contribution in [0.4, 0.5) is 8.78 Å². The van der Waals surface area contributed by atoms with Gasteiger partial charge in [-0.3, -0.25) is 0 Å². The molecule has 0 aromatic heterocycles. The zero-order chi connectivity index (χ0) is 9.03. The number of ether oxygens (including phenoxy) is 1. The van der Waals surface area contributed by atoms with Gasteiger partial charge >= 0.3 is 6.61 Å². The molecule has 0 amide bonds. The maximum absolute atomic E-state index is 11.7. The molecular weight excluding hydrogens is 184 g/mol. The van der Waals surface area contributed by atoms with Gasteiger partial charge in [0.25, 0.3) is 0 Å². The van der Waals surface area contributed by atoms with Gasteiger partial charge in [-0.2, -0.15) is 20.5 Å². The van der Waals surface area contributed by atoms with Crippen molar-refractivity contribution in [1.82, 2.24) is 0 Å². The van der Waals surface area contributed by atoms with Gasteiger partial charge in [0.15, 0.2) is 0 Å². The smallest absolute Gasteiger partial charge is 0.323 e. The third-order valence-electron chi connectivity index (χ3n) is 1.99. The van der Waals surface area contributed by atoms with E-state index < -0.39 is 12.2 Å². The number of thioether (sulfide) groups is 1. The second kappa shape index (κ2) is 4.39. The summed E-state index contributed by atoms with van der Waals surface area (Å²) >= 11 is 1.81. The van der Waals surface area contributed by atoms with Gasteiger partial charge in [-0.05, 0) is 24.3 Å². The summed E-state index contributed by atoms with van der Waals surface area (Å²) in [5.41, 5.74) is 5.32. The minimum absolute atomic E-state index is 0.0226. The van der Waals surface area contributed by atoms with Crippen LogP contribution in [-0.2, 0) is 4.74 Å². The van der Waals surface area contributed by atoms with E-state index in [-0.39, 0.29) is 6.61 Å². The molecule has 0 aromatic rings. The molecule has 0 atom stereocenters. The largest absolute Gasteiger partial charge is 0.345 e. The van der Waals surface area contributed by atoms with E-state index in [9.17, 15) is 8.78 Å². The minimum Gasteiger partial charge on any atom is -0.323 e. The van der Waals surface area contributed by atoms with E-state index in [0.717, 1.165) is 24.3 Å². The van der Waals surface area contributed by atoms with Crippen LogP contribution in [0.3, 0.4) is 0 Å². The van der Waals surface area contributed by atoms with E-state index in [1.165, 1.54) is 0 Å². The van der Waals surface area contributed by atoms with Crippen molar-refractivity contribution < 1.29 is 13.5 Å². The van der Waals surface area contributed by atoms with Gasteiger partial charge in [-0.1, -0.05) is 0 Å². The van der Waals surface area contributed by atoms with Crippen molar-refractivity contribution in [1.29, 1.82) is 0 Å². The Morgan fingerprint density at radius 2 is 2.00 bits per heavy atom. The van der Waals surface area contributed by atoms with Crippen LogP contribution in [0.2, 0.25) is 0 Å². The quantitative estimate of drug-likeness (QED) is 0.743. The summed E-state index contributed by atoms with van der Waals surface area (Å²) in [5, 5.41) is 0. The number of rotatable bonds is 3. The van der Waals surface area contributed by atoms with Crippen LogP contribution in [0.1, 0.15) is 12.8 Å². The highest BCUT2D eigenvalue weighted by Crippen LogP contribution is 2.25. The summed E-state index contributed by atoms with van der Waals surface area (Å²) in [6, 6.07) is 0. The average Bonchev–Trinajstić information content (AvgIpc) is 2.03. The molecule has 5 heteroatoms. The third-order valence-corrected chi connectivity index (χ3v) is 2.97. The number of alkyl halides is 2. The number of hydrogen-bond donors (Lipinski definition) is 1. The molecule has 2 N–H and O–H groups in total. The van der Waals surface area contributed by atoms with E-state index in [1.807, 2.05) is 11.8 Å². The van der Waals surface area contributed by atoms with Crippen LogP contribution in [0.15, 0.2) is 0 Å². The van der Waals surface area contributed by atoms with E-state index in [2.05, 4.69) is 4.74 Å². The fourth-order valence-corrected chi connectivity index (χ4v) is 2.46. The molecule has 72 valence electrons. The van der Waals surface area contributed by atoms with Crippen LogP contribution < -0.4 is 5.73 Å². The molecule has 0 saturated carbocycles. The predicted octanol–water partition coefficient (Wildman–Crippen LogP) is 1.45. The first kappa shape index (κ1) is 10.2. The Labute approximate surface area is 74.8 Å². The van der Waals surface area contributed by atoms with Gasteiger partial charge in [0, 0.05) is 5.54 Å².